The van der Waals surface area contributed by atoms with Gasteiger partial charge in [-0.1, -0.05) is 29.1 Å². The maximum atomic E-state index is 13.4. The Bertz CT molecular complexity index is 504. The monoisotopic (exact) mass is 285 g/mol. The van der Waals surface area contributed by atoms with Gasteiger partial charge in [0.2, 0.25) is 0 Å². The van der Waals surface area contributed by atoms with Crippen LogP contribution in [0.1, 0.15) is 23.4 Å². The van der Waals surface area contributed by atoms with Crippen LogP contribution in [-0.4, -0.2) is 16.1 Å². The number of rotatable bonds is 5. The summed E-state index contributed by atoms with van der Waals surface area (Å²) >= 11 is 7.02. The van der Waals surface area contributed by atoms with Gasteiger partial charge in [0, 0.05) is 6.04 Å². The zero-order valence-corrected chi connectivity index (χ0v) is 11.4. The Balaban J connectivity index is 2.16. The Morgan fingerprint density at radius 2 is 2.33 bits per heavy atom. The van der Waals surface area contributed by atoms with Gasteiger partial charge in [-0.2, -0.15) is 0 Å². The van der Waals surface area contributed by atoms with Gasteiger partial charge in [0.05, 0.1) is 16.1 Å². The summed E-state index contributed by atoms with van der Waals surface area (Å²) in [6, 6.07) is 5.00. The van der Waals surface area contributed by atoms with E-state index >= 15 is 0 Å². The number of benzene rings is 1. The summed E-state index contributed by atoms with van der Waals surface area (Å²) in [5.41, 5.74) is 0.899. The molecule has 0 saturated heterocycles. The van der Waals surface area contributed by atoms with E-state index in [4.69, 9.17) is 11.6 Å². The number of nitrogens with one attached hydrogen (secondary N) is 1. The smallest absolute Gasteiger partial charge is 0.142 e. The lowest BCUT2D eigenvalue weighted by molar-refractivity contribution is 0.554. The average Bonchev–Trinajstić information content (AvgIpc) is 2.87. The van der Waals surface area contributed by atoms with Crippen molar-refractivity contribution in [3.05, 3.63) is 45.7 Å². The SMILES string of the molecule is CCNC(Cc1ccc(Cl)c(F)c1)c1cnns1. The minimum atomic E-state index is -0.383. The largest absolute Gasteiger partial charge is 0.309 e. The fourth-order valence-corrected chi connectivity index (χ4v) is 2.44. The van der Waals surface area contributed by atoms with Crippen LogP contribution in [0.2, 0.25) is 5.02 Å². The van der Waals surface area contributed by atoms with E-state index in [-0.39, 0.29) is 16.9 Å². The predicted octanol–water partition coefficient (Wildman–Crippen LogP) is 3.22. The van der Waals surface area contributed by atoms with Crippen molar-refractivity contribution in [1.82, 2.24) is 14.9 Å². The Morgan fingerprint density at radius 3 is 2.94 bits per heavy atom. The Hall–Kier alpha value is -1.04. The third-order valence-electron chi connectivity index (χ3n) is 2.60. The van der Waals surface area contributed by atoms with E-state index in [0.29, 0.717) is 6.42 Å². The van der Waals surface area contributed by atoms with Crippen molar-refractivity contribution in [2.75, 3.05) is 6.54 Å². The zero-order chi connectivity index (χ0) is 13.0. The molecule has 0 aliphatic heterocycles. The van der Waals surface area contributed by atoms with Gasteiger partial charge >= 0.3 is 0 Å². The maximum Gasteiger partial charge on any atom is 0.142 e. The van der Waals surface area contributed by atoms with Crippen LogP contribution in [0, 0.1) is 5.82 Å². The van der Waals surface area contributed by atoms with Crippen LogP contribution in [0.15, 0.2) is 24.4 Å². The first-order valence-electron chi connectivity index (χ1n) is 5.65. The predicted molar refractivity (Wildman–Crippen MR) is 71.4 cm³/mol. The molecular formula is C12H13ClFN3S. The number of hydrogen-bond donors (Lipinski definition) is 1. The summed E-state index contributed by atoms with van der Waals surface area (Å²) in [6.07, 6.45) is 2.43. The van der Waals surface area contributed by atoms with Crippen LogP contribution in [0.3, 0.4) is 0 Å². The lowest BCUT2D eigenvalue weighted by atomic mass is 10.0. The second-order valence-electron chi connectivity index (χ2n) is 3.88. The molecule has 0 radical (unpaired) electrons. The molecule has 1 atom stereocenters. The van der Waals surface area contributed by atoms with Crippen LogP contribution in [0.5, 0.6) is 0 Å². The fraction of sp³-hybridized carbons (Fsp3) is 0.333. The number of hydrogen-bond acceptors (Lipinski definition) is 4. The first-order chi connectivity index (χ1) is 8.70. The second-order valence-corrected chi connectivity index (χ2v) is 5.11. The number of aromatic nitrogens is 2. The quantitative estimate of drug-likeness (QED) is 0.916. The molecule has 2 aromatic rings. The normalized spacial score (nSPS) is 12.6. The van der Waals surface area contributed by atoms with Gasteiger partial charge in [-0.3, -0.25) is 0 Å². The van der Waals surface area contributed by atoms with Gasteiger partial charge in [0.1, 0.15) is 5.82 Å². The summed E-state index contributed by atoms with van der Waals surface area (Å²) in [6.45, 7) is 2.86. The molecule has 0 aliphatic carbocycles. The first-order valence-corrected chi connectivity index (χ1v) is 6.80. The van der Waals surface area contributed by atoms with Crippen molar-refractivity contribution < 1.29 is 4.39 Å². The Labute approximate surface area is 114 Å². The minimum absolute atomic E-state index is 0.107. The molecule has 0 spiro atoms. The van der Waals surface area contributed by atoms with Gasteiger partial charge in [0.25, 0.3) is 0 Å². The summed E-state index contributed by atoms with van der Waals surface area (Å²) in [7, 11) is 0. The van der Waals surface area contributed by atoms with Crippen LogP contribution in [0.25, 0.3) is 0 Å². The zero-order valence-electron chi connectivity index (χ0n) is 9.86. The third-order valence-corrected chi connectivity index (χ3v) is 3.68. The molecule has 0 amide bonds. The van der Waals surface area contributed by atoms with Crippen molar-refractivity contribution >= 4 is 23.1 Å². The molecule has 18 heavy (non-hydrogen) atoms. The van der Waals surface area contributed by atoms with E-state index < -0.39 is 0 Å². The molecule has 1 heterocycles. The maximum absolute atomic E-state index is 13.4. The Kier molecular flexibility index (Phi) is 4.63. The van der Waals surface area contributed by atoms with E-state index in [2.05, 4.69) is 14.9 Å². The van der Waals surface area contributed by atoms with Gasteiger partial charge in [-0.15, -0.1) is 5.10 Å². The van der Waals surface area contributed by atoms with E-state index in [1.165, 1.54) is 17.6 Å². The molecule has 96 valence electrons. The Morgan fingerprint density at radius 1 is 1.50 bits per heavy atom. The van der Waals surface area contributed by atoms with Crippen LogP contribution < -0.4 is 5.32 Å². The highest BCUT2D eigenvalue weighted by Crippen LogP contribution is 2.23. The van der Waals surface area contributed by atoms with Crippen molar-refractivity contribution in [3.63, 3.8) is 0 Å². The minimum Gasteiger partial charge on any atom is -0.309 e. The molecule has 1 aromatic carbocycles. The van der Waals surface area contributed by atoms with Crippen molar-refractivity contribution in [2.45, 2.75) is 19.4 Å². The van der Waals surface area contributed by atoms with Crippen molar-refractivity contribution in [3.8, 4) is 0 Å². The molecular weight excluding hydrogens is 273 g/mol. The van der Waals surface area contributed by atoms with Gasteiger partial charge in [0.15, 0.2) is 0 Å². The number of nitrogens with zero attached hydrogens (tertiary/aromatic N) is 2. The molecule has 6 heteroatoms. The molecule has 3 nitrogen and oxygen atoms in total. The van der Waals surface area contributed by atoms with E-state index in [9.17, 15) is 4.39 Å². The summed E-state index contributed by atoms with van der Waals surface area (Å²) in [4.78, 5) is 1.05. The standard InChI is InChI=1S/C12H13ClFN3S/c1-2-15-11(12-7-16-17-18-12)6-8-3-4-9(13)10(14)5-8/h3-5,7,11,15H,2,6H2,1H3. The van der Waals surface area contributed by atoms with E-state index in [1.54, 1.807) is 12.3 Å². The summed E-state index contributed by atoms with van der Waals surface area (Å²) in [5, 5.41) is 7.33. The van der Waals surface area contributed by atoms with Gasteiger partial charge in [-0.25, -0.2) is 4.39 Å². The molecule has 0 bridgehead atoms. The second kappa shape index (κ2) is 6.22. The molecule has 0 saturated carbocycles. The lowest BCUT2D eigenvalue weighted by Crippen LogP contribution is -2.22. The molecule has 1 N–H and O–H groups in total. The van der Waals surface area contributed by atoms with Crippen LogP contribution in [-0.2, 0) is 6.42 Å². The van der Waals surface area contributed by atoms with Crippen LogP contribution in [0.4, 0.5) is 4.39 Å². The highest BCUT2D eigenvalue weighted by atomic mass is 35.5. The molecule has 0 aliphatic rings. The third kappa shape index (κ3) is 3.25. The van der Waals surface area contributed by atoms with E-state index in [0.717, 1.165) is 17.0 Å². The average molecular weight is 286 g/mol. The molecule has 1 unspecified atom stereocenters. The van der Waals surface area contributed by atoms with Gasteiger partial charge in [-0.05, 0) is 42.2 Å². The topological polar surface area (TPSA) is 37.8 Å². The van der Waals surface area contributed by atoms with Crippen LogP contribution >= 0.6 is 23.1 Å². The highest BCUT2D eigenvalue weighted by molar-refractivity contribution is 7.05. The highest BCUT2D eigenvalue weighted by Gasteiger charge is 2.14. The number of halogens is 2. The number of likely N-dealkylation sites (N-methyl/N-ethyl adjacent to an activating group) is 1. The summed E-state index contributed by atoms with van der Waals surface area (Å²) < 4.78 is 17.2. The summed E-state index contributed by atoms with van der Waals surface area (Å²) in [5.74, 6) is -0.383. The van der Waals surface area contributed by atoms with Gasteiger partial charge < -0.3 is 5.32 Å². The first kappa shape index (κ1) is 13.4. The fourth-order valence-electron chi connectivity index (χ4n) is 1.75. The van der Waals surface area contributed by atoms with E-state index in [1.807, 2.05) is 13.0 Å². The molecule has 0 fully saturated rings. The van der Waals surface area contributed by atoms with Crippen molar-refractivity contribution in [2.24, 2.45) is 0 Å². The lowest BCUT2D eigenvalue weighted by Gasteiger charge is -2.15. The molecule has 2 rings (SSSR count). The van der Waals surface area contributed by atoms with Crippen molar-refractivity contribution in [1.29, 1.82) is 0 Å². The molecule has 1 aromatic heterocycles.